The van der Waals surface area contributed by atoms with Crippen molar-refractivity contribution >= 4 is 5.91 Å². The third-order valence-corrected chi connectivity index (χ3v) is 4.74. The van der Waals surface area contributed by atoms with Crippen molar-refractivity contribution in [2.45, 2.75) is 25.8 Å². The minimum Gasteiger partial charge on any atom is -0.494 e. The van der Waals surface area contributed by atoms with E-state index in [1.165, 1.54) is 5.56 Å². The highest BCUT2D eigenvalue weighted by molar-refractivity contribution is 5.76. The van der Waals surface area contributed by atoms with E-state index in [2.05, 4.69) is 29.2 Å². The van der Waals surface area contributed by atoms with Crippen LogP contribution in [0.2, 0.25) is 0 Å². The van der Waals surface area contributed by atoms with Crippen molar-refractivity contribution in [3.8, 4) is 5.75 Å². The maximum atomic E-state index is 12.5. The second kappa shape index (κ2) is 9.97. The highest BCUT2D eigenvalue weighted by atomic mass is 16.5. The molecule has 0 spiro atoms. The first-order valence-corrected chi connectivity index (χ1v) is 9.53. The molecule has 1 aliphatic rings. The molecule has 1 fully saturated rings. The van der Waals surface area contributed by atoms with Gasteiger partial charge >= 0.3 is 0 Å². The minimum absolute atomic E-state index is 0.253. The van der Waals surface area contributed by atoms with E-state index in [4.69, 9.17) is 4.74 Å². The average Bonchev–Trinajstić information content (AvgIpc) is 2.92. The van der Waals surface area contributed by atoms with E-state index in [9.17, 15) is 4.79 Å². The molecule has 0 radical (unpaired) electrons. The van der Waals surface area contributed by atoms with Crippen molar-refractivity contribution < 1.29 is 9.53 Å². The summed E-state index contributed by atoms with van der Waals surface area (Å²) in [5.74, 6) is 1.12. The Kier molecular flexibility index (Phi) is 7.08. The van der Waals surface area contributed by atoms with Crippen LogP contribution >= 0.6 is 0 Å². The largest absolute Gasteiger partial charge is 0.494 e. The fourth-order valence-corrected chi connectivity index (χ4v) is 3.31. The highest BCUT2D eigenvalue weighted by Gasteiger charge is 2.18. The molecule has 0 aliphatic carbocycles. The molecule has 0 N–H and O–H groups in total. The summed E-state index contributed by atoms with van der Waals surface area (Å²) in [5, 5.41) is 0. The van der Waals surface area contributed by atoms with Gasteiger partial charge in [-0.3, -0.25) is 9.69 Å². The summed E-state index contributed by atoms with van der Waals surface area (Å²) in [7, 11) is 0. The van der Waals surface area contributed by atoms with Gasteiger partial charge in [-0.2, -0.15) is 0 Å². The number of carbonyl (C=O) groups is 1. The van der Waals surface area contributed by atoms with Gasteiger partial charge in [0.05, 0.1) is 6.61 Å². The zero-order valence-corrected chi connectivity index (χ0v) is 15.3. The summed E-state index contributed by atoms with van der Waals surface area (Å²) < 4.78 is 5.67. The van der Waals surface area contributed by atoms with Crippen LogP contribution in [0.3, 0.4) is 0 Å². The van der Waals surface area contributed by atoms with E-state index in [-0.39, 0.29) is 5.91 Å². The van der Waals surface area contributed by atoms with Crippen molar-refractivity contribution in [2.24, 2.45) is 0 Å². The molecule has 1 saturated heterocycles. The number of para-hydroxylation sites is 1. The smallest absolute Gasteiger partial charge is 0.222 e. The van der Waals surface area contributed by atoms with Crippen LogP contribution < -0.4 is 4.74 Å². The Bertz CT molecular complexity index is 660. The second-order valence-corrected chi connectivity index (χ2v) is 6.76. The number of ether oxygens (including phenoxy) is 1. The standard InChI is InChI=1S/C22H28N2O2/c25-22(13-7-18-26-21-11-5-2-6-12-21)24-15-8-14-23(16-17-24)19-20-9-3-1-4-10-20/h1-6,9-12H,7-8,13-19H2. The van der Waals surface area contributed by atoms with Crippen LogP contribution in [0.4, 0.5) is 0 Å². The Labute approximate surface area is 156 Å². The van der Waals surface area contributed by atoms with Gasteiger partial charge in [-0.1, -0.05) is 48.5 Å². The number of benzene rings is 2. The molecule has 0 atom stereocenters. The van der Waals surface area contributed by atoms with Gasteiger partial charge < -0.3 is 9.64 Å². The van der Waals surface area contributed by atoms with Gasteiger partial charge in [0.2, 0.25) is 5.91 Å². The normalized spacial score (nSPS) is 15.5. The second-order valence-electron chi connectivity index (χ2n) is 6.76. The summed E-state index contributed by atoms with van der Waals surface area (Å²) in [6.07, 6.45) is 2.36. The van der Waals surface area contributed by atoms with Crippen LogP contribution in [0.1, 0.15) is 24.8 Å². The molecule has 0 unspecified atom stereocenters. The zero-order chi connectivity index (χ0) is 18.0. The topological polar surface area (TPSA) is 32.8 Å². The minimum atomic E-state index is 0.253. The number of rotatable bonds is 7. The lowest BCUT2D eigenvalue weighted by atomic mass is 10.2. The Morgan fingerprint density at radius 1 is 0.885 bits per heavy atom. The summed E-state index contributed by atoms with van der Waals surface area (Å²) in [6.45, 7) is 5.24. The molecule has 0 saturated carbocycles. The van der Waals surface area contributed by atoms with Crippen LogP contribution in [-0.2, 0) is 11.3 Å². The predicted molar refractivity (Wildman–Crippen MR) is 104 cm³/mol. The Balaban J connectivity index is 1.37. The molecule has 3 rings (SSSR count). The maximum Gasteiger partial charge on any atom is 0.222 e. The summed E-state index contributed by atoms with van der Waals surface area (Å²) in [6, 6.07) is 20.3. The monoisotopic (exact) mass is 352 g/mol. The molecular formula is C22H28N2O2. The van der Waals surface area contributed by atoms with E-state index in [1.807, 2.05) is 41.3 Å². The van der Waals surface area contributed by atoms with Crippen molar-refractivity contribution in [3.63, 3.8) is 0 Å². The van der Waals surface area contributed by atoms with Gasteiger partial charge in [-0.05, 0) is 30.5 Å². The first kappa shape index (κ1) is 18.5. The van der Waals surface area contributed by atoms with Crippen LogP contribution in [0.5, 0.6) is 5.75 Å². The molecule has 4 heteroatoms. The van der Waals surface area contributed by atoms with Crippen LogP contribution in [0.15, 0.2) is 60.7 Å². The van der Waals surface area contributed by atoms with E-state index in [1.54, 1.807) is 0 Å². The maximum absolute atomic E-state index is 12.5. The first-order valence-electron chi connectivity index (χ1n) is 9.53. The quantitative estimate of drug-likeness (QED) is 0.714. The van der Waals surface area contributed by atoms with Crippen LogP contribution in [-0.4, -0.2) is 48.5 Å². The Hall–Kier alpha value is -2.33. The van der Waals surface area contributed by atoms with Gasteiger partial charge in [0.1, 0.15) is 5.75 Å². The van der Waals surface area contributed by atoms with Crippen molar-refractivity contribution in [1.82, 2.24) is 9.80 Å². The Morgan fingerprint density at radius 2 is 1.62 bits per heavy atom. The molecular weight excluding hydrogens is 324 g/mol. The number of hydrogen-bond acceptors (Lipinski definition) is 3. The molecule has 0 aromatic heterocycles. The third-order valence-electron chi connectivity index (χ3n) is 4.74. The van der Waals surface area contributed by atoms with Gasteiger partial charge in [-0.15, -0.1) is 0 Å². The molecule has 2 aromatic carbocycles. The van der Waals surface area contributed by atoms with E-state index in [0.29, 0.717) is 13.0 Å². The van der Waals surface area contributed by atoms with Crippen LogP contribution in [0.25, 0.3) is 0 Å². The van der Waals surface area contributed by atoms with Crippen molar-refractivity contribution in [1.29, 1.82) is 0 Å². The van der Waals surface area contributed by atoms with E-state index in [0.717, 1.165) is 51.3 Å². The Morgan fingerprint density at radius 3 is 2.38 bits per heavy atom. The number of nitrogens with zero attached hydrogens (tertiary/aromatic N) is 2. The van der Waals surface area contributed by atoms with Gasteiger partial charge in [0.15, 0.2) is 0 Å². The van der Waals surface area contributed by atoms with E-state index >= 15 is 0 Å². The lowest BCUT2D eigenvalue weighted by molar-refractivity contribution is -0.131. The molecule has 4 nitrogen and oxygen atoms in total. The van der Waals surface area contributed by atoms with Gasteiger partial charge in [-0.25, -0.2) is 0 Å². The zero-order valence-electron chi connectivity index (χ0n) is 15.3. The fourth-order valence-electron chi connectivity index (χ4n) is 3.31. The molecule has 1 heterocycles. The highest BCUT2D eigenvalue weighted by Crippen LogP contribution is 2.12. The molecule has 2 aromatic rings. The van der Waals surface area contributed by atoms with Gasteiger partial charge in [0, 0.05) is 39.1 Å². The van der Waals surface area contributed by atoms with Crippen molar-refractivity contribution in [3.05, 3.63) is 66.2 Å². The lowest BCUT2D eigenvalue weighted by Crippen LogP contribution is -2.35. The first-order chi connectivity index (χ1) is 12.8. The van der Waals surface area contributed by atoms with E-state index < -0.39 is 0 Å². The fraction of sp³-hybridized carbons (Fsp3) is 0.409. The third kappa shape index (κ3) is 5.88. The summed E-state index contributed by atoms with van der Waals surface area (Å²) in [4.78, 5) is 16.9. The number of carbonyl (C=O) groups excluding carboxylic acids is 1. The summed E-state index contributed by atoms with van der Waals surface area (Å²) >= 11 is 0. The van der Waals surface area contributed by atoms with Gasteiger partial charge in [0.25, 0.3) is 0 Å². The molecule has 0 bridgehead atoms. The SMILES string of the molecule is O=C(CCCOc1ccccc1)N1CCCN(Cc2ccccc2)CC1. The van der Waals surface area contributed by atoms with Crippen LogP contribution in [0, 0.1) is 0 Å². The molecule has 1 amide bonds. The molecule has 26 heavy (non-hydrogen) atoms. The van der Waals surface area contributed by atoms with Crippen molar-refractivity contribution in [2.75, 3.05) is 32.8 Å². The average molecular weight is 352 g/mol. The number of amides is 1. The summed E-state index contributed by atoms with van der Waals surface area (Å²) in [5.41, 5.74) is 1.34. The predicted octanol–water partition coefficient (Wildman–Crippen LogP) is 3.58. The number of hydrogen-bond donors (Lipinski definition) is 0. The lowest BCUT2D eigenvalue weighted by Gasteiger charge is -2.22. The molecule has 138 valence electrons. The molecule has 1 aliphatic heterocycles.